The normalized spacial score (nSPS) is 11.6. The Morgan fingerprint density at radius 3 is 1.70 bits per heavy atom. The van der Waals surface area contributed by atoms with Crippen molar-refractivity contribution in [3.63, 3.8) is 0 Å². The van der Waals surface area contributed by atoms with E-state index in [0.717, 1.165) is 39.0 Å². The van der Waals surface area contributed by atoms with Gasteiger partial charge < -0.3 is 9.32 Å². The standard InChI is InChI=1S/C54H35NO/c1-2-13-36(14-3-1)37-25-27-40(28-26-37)55(42-30-32-50-49-22-10-11-24-53(49)56-54(50)35-42)41-29-31-48(52(34-41)46-23-12-17-38-15-4-6-18-43(38)46)51-33-39-16-5-7-19-44(39)45-20-8-9-21-47(45)51/h1-35H. The van der Waals surface area contributed by atoms with Crippen molar-refractivity contribution < 1.29 is 4.42 Å². The third-order valence-electron chi connectivity index (χ3n) is 11.3. The molecule has 0 saturated carbocycles. The molecule has 1 aromatic heterocycles. The number of rotatable bonds is 6. The predicted molar refractivity (Wildman–Crippen MR) is 237 cm³/mol. The Kier molecular flexibility index (Phi) is 7.53. The van der Waals surface area contributed by atoms with Crippen LogP contribution in [-0.2, 0) is 0 Å². The largest absolute Gasteiger partial charge is 0.456 e. The maximum Gasteiger partial charge on any atom is 0.137 e. The minimum absolute atomic E-state index is 0.864. The lowest BCUT2D eigenvalue weighted by atomic mass is 9.87. The summed E-state index contributed by atoms with van der Waals surface area (Å²) in [5.41, 5.74) is 12.1. The van der Waals surface area contributed by atoms with Crippen molar-refractivity contribution in [1.82, 2.24) is 0 Å². The second-order valence-corrected chi connectivity index (χ2v) is 14.5. The van der Waals surface area contributed by atoms with E-state index < -0.39 is 0 Å². The molecule has 0 unspecified atom stereocenters. The Labute approximate surface area is 325 Å². The molecule has 56 heavy (non-hydrogen) atoms. The first kappa shape index (κ1) is 32.0. The summed E-state index contributed by atoms with van der Waals surface area (Å²) in [5, 5.41) is 9.66. The second kappa shape index (κ2) is 13.2. The molecule has 0 bridgehead atoms. The van der Waals surface area contributed by atoms with E-state index in [1.54, 1.807) is 0 Å². The lowest BCUT2D eigenvalue weighted by Gasteiger charge is -2.27. The number of hydrogen-bond acceptors (Lipinski definition) is 2. The summed E-state index contributed by atoms with van der Waals surface area (Å²) < 4.78 is 6.46. The van der Waals surface area contributed by atoms with Crippen molar-refractivity contribution in [2.24, 2.45) is 0 Å². The van der Waals surface area contributed by atoms with Gasteiger partial charge in [0.15, 0.2) is 0 Å². The van der Waals surface area contributed by atoms with Crippen LogP contribution in [0.4, 0.5) is 17.1 Å². The topological polar surface area (TPSA) is 16.4 Å². The molecule has 0 atom stereocenters. The molecule has 0 N–H and O–H groups in total. The fourth-order valence-corrected chi connectivity index (χ4v) is 8.60. The first-order chi connectivity index (χ1) is 27.8. The van der Waals surface area contributed by atoms with Gasteiger partial charge in [0.25, 0.3) is 0 Å². The van der Waals surface area contributed by atoms with Gasteiger partial charge in [-0.25, -0.2) is 0 Å². The van der Waals surface area contributed by atoms with Crippen molar-refractivity contribution in [3.05, 3.63) is 212 Å². The average Bonchev–Trinajstić information content (AvgIpc) is 3.65. The third-order valence-corrected chi connectivity index (χ3v) is 11.3. The van der Waals surface area contributed by atoms with Crippen LogP contribution in [0.1, 0.15) is 0 Å². The summed E-state index contributed by atoms with van der Waals surface area (Å²) in [6.45, 7) is 0. The number of nitrogens with zero attached hydrogens (tertiary/aromatic N) is 1. The molecule has 2 nitrogen and oxygen atoms in total. The van der Waals surface area contributed by atoms with E-state index in [-0.39, 0.29) is 0 Å². The Morgan fingerprint density at radius 2 is 0.857 bits per heavy atom. The van der Waals surface area contributed by atoms with Crippen LogP contribution < -0.4 is 4.90 Å². The second-order valence-electron chi connectivity index (χ2n) is 14.5. The average molecular weight is 714 g/mol. The first-order valence-corrected chi connectivity index (χ1v) is 19.2. The van der Waals surface area contributed by atoms with Crippen LogP contribution in [0.25, 0.3) is 87.6 Å². The zero-order chi connectivity index (χ0) is 37.0. The molecule has 1 heterocycles. The van der Waals surface area contributed by atoms with Crippen LogP contribution >= 0.6 is 0 Å². The molecule has 0 fully saturated rings. The van der Waals surface area contributed by atoms with Crippen LogP contribution in [0.15, 0.2) is 217 Å². The van der Waals surface area contributed by atoms with Gasteiger partial charge in [-0.05, 0) is 114 Å². The van der Waals surface area contributed by atoms with E-state index >= 15 is 0 Å². The summed E-state index contributed by atoms with van der Waals surface area (Å²) in [7, 11) is 0. The molecule has 11 aromatic rings. The van der Waals surface area contributed by atoms with Crippen LogP contribution in [0.2, 0.25) is 0 Å². The lowest BCUT2D eigenvalue weighted by molar-refractivity contribution is 0.669. The van der Waals surface area contributed by atoms with Crippen molar-refractivity contribution in [2.75, 3.05) is 4.90 Å². The third kappa shape index (κ3) is 5.34. The van der Waals surface area contributed by atoms with Gasteiger partial charge in [0.2, 0.25) is 0 Å². The van der Waals surface area contributed by atoms with Gasteiger partial charge in [0, 0.05) is 33.9 Å². The fourth-order valence-electron chi connectivity index (χ4n) is 8.60. The molecule has 11 rings (SSSR count). The molecular formula is C54H35NO. The number of anilines is 3. The quantitative estimate of drug-likeness (QED) is 0.160. The molecule has 0 radical (unpaired) electrons. The zero-order valence-corrected chi connectivity index (χ0v) is 30.6. The number of benzene rings is 10. The smallest absolute Gasteiger partial charge is 0.137 e. The van der Waals surface area contributed by atoms with Crippen molar-refractivity contribution in [3.8, 4) is 33.4 Å². The molecule has 0 aliphatic heterocycles. The predicted octanol–water partition coefficient (Wildman–Crippen LogP) is 15.5. The van der Waals surface area contributed by atoms with E-state index in [2.05, 4.69) is 205 Å². The molecule has 0 saturated heterocycles. The Morgan fingerprint density at radius 1 is 0.268 bits per heavy atom. The summed E-state index contributed by atoms with van der Waals surface area (Å²) in [6, 6.07) is 76.6. The maximum atomic E-state index is 6.46. The Hall–Kier alpha value is -7.42. The van der Waals surface area contributed by atoms with Crippen LogP contribution in [0.3, 0.4) is 0 Å². The van der Waals surface area contributed by atoms with Gasteiger partial charge in [0.1, 0.15) is 11.2 Å². The van der Waals surface area contributed by atoms with Crippen LogP contribution in [0.5, 0.6) is 0 Å². The summed E-state index contributed by atoms with van der Waals surface area (Å²) in [6.07, 6.45) is 0. The summed E-state index contributed by atoms with van der Waals surface area (Å²) in [5.74, 6) is 0. The number of para-hydroxylation sites is 1. The Balaban J connectivity index is 1.17. The van der Waals surface area contributed by atoms with Crippen molar-refractivity contribution in [2.45, 2.75) is 0 Å². The van der Waals surface area contributed by atoms with Gasteiger partial charge >= 0.3 is 0 Å². The van der Waals surface area contributed by atoms with E-state index in [0.29, 0.717) is 0 Å². The molecule has 262 valence electrons. The maximum absolute atomic E-state index is 6.46. The molecule has 0 spiro atoms. The monoisotopic (exact) mass is 713 g/mol. The molecule has 0 aliphatic rings. The van der Waals surface area contributed by atoms with E-state index in [4.69, 9.17) is 4.42 Å². The molecule has 10 aromatic carbocycles. The summed E-state index contributed by atoms with van der Waals surface area (Å²) in [4.78, 5) is 2.36. The van der Waals surface area contributed by atoms with Gasteiger partial charge in [-0.15, -0.1) is 0 Å². The van der Waals surface area contributed by atoms with Crippen LogP contribution in [-0.4, -0.2) is 0 Å². The fraction of sp³-hybridized carbons (Fsp3) is 0. The van der Waals surface area contributed by atoms with E-state index in [9.17, 15) is 0 Å². The lowest BCUT2D eigenvalue weighted by Crippen LogP contribution is -2.10. The first-order valence-electron chi connectivity index (χ1n) is 19.2. The zero-order valence-electron chi connectivity index (χ0n) is 30.6. The minimum Gasteiger partial charge on any atom is -0.456 e. The highest BCUT2D eigenvalue weighted by Gasteiger charge is 2.20. The number of hydrogen-bond donors (Lipinski definition) is 0. The number of furan rings is 1. The summed E-state index contributed by atoms with van der Waals surface area (Å²) >= 11 is 0. The van der Waals surface area contributed by atoms with Gasteiger partial charge in [-0.3, -0.25) is 0 Å². The van der Waals surface area contributed by atoms with Gasteiger partial charge in [-0.1, -0.05) is 158 Å². The van der Waals surface area contributed by atoms with E-state index in [1.807, 2.05) is 12.1 Å². The van der Waals surface area contributed by atoms with Crippen LogP contribution in [0, 0.1) is 0 Å². The highest BCUT2D eigenvalue weighted by molar-refractivity contribution is 6.16. The molecule has 0 aliphatic carbocycles. The molecular weight excluding hydrogens is 679 g/mol. The highest BCUT2D eigenvalue weighted by atomic mass is 16.3. The van der Waals surface area contributed by atoms with Crippen molar-refractivity contribution >= 4 is 71.3 Å². The molecule has 2 heteroatoms. The number of fused-ring (bicyclic) bond motifs is 7. The SMILES string of the molecule is c1ccc(-c2ccc(N(c3ccc(-c4cc5ccccc5c5ccccc45)c(-c4cccc5ccccc45)c3)c3ccc4c(c3)oc3ccccc34)cc2)cc1. The molecule has 0 amide bonds. The van der Waals surface area contributed by atoms with Gasteiger partial charge in [-0.2, -0.15) is 0 Å². The highest BCUT2D eigenvalue weighted by Crippen LogP contribution is 2.46. The minimum atomic E-state index is 0.864. The van der Waals surface area contributed by atoms with Gasteiger partial charge in [0.05, 0.1) is 0 Å². The Bertz CT molecular complexity index is 3240. The van der Waals surface area contributed by atoms with Crippen molar-refractivity contribution in [1.29, 1.82) is 0 Å². The van der Waals surface area contributed by atoms with E-state index in [1.165, 1.54) is 65.7 Å².